The average Bonchev–Trinajstić information content (AvgIpc) is 3.37. The van der Waals surface area contributed by atoms with Crippen molar-refractivity contribution in [2.24, 2.45) is 5.92 Å². The lowest BCUT2D eigenvalue weighted by atomic mass is 10.1. The highest BCUT2D eigenvalue weighted by atomic mass is 79.9. The van der Waals surface area contributed by atoms with Crippen LogP contribution in [0.4, 0.5) is 16.2 Å². The summed E-state index contributed by atoms with van der Waals surface area (Å²) in [6.07, 6.45) is 0.192. The number of benzene rings is 2. The normalized spacial score (nSPS) is 17.9. The van der Waals surface area contributed by atoms with E-state index >= 15 is 0 Å². The van der Waals surface area contributed by atoms with Gasteiger partial charge in [-0.3, -0.25) is 14.5 Å². The van der Waals surface area contributed by atoms with Gasteiger partial charge in [0.2, 0.25) is 11.8 Å². The third-order valence-corrected chi connectivity index (χ3v) is 5.73. The Labute approximate surface area is 188 Å². The maximum atomic E-state index is 12.5. The molecule has 2 saturated heterocycles. The Bertz CT molecular complexity index is 1070. The van der Waals surface area contributed by atoms with Crippen molar-refractivity contribution in [3.05, 3.63) is 58.6 Å². The molecular formula is C23H21BrN4O3. The summed E-state index contributed by atoms with van der Waals surface area (Å²) in [5.41, 5.74) is 2.41. The molecular weight excluding hydrogens is 460 g/mol. The van der Waals surface area contributed by atoms with Crippen molar-refractivity contribution in [2.75, 3.05) is 36.0 Å². The Morgan fingerprint density at radius 3 is 2.65 bits per heavy atom. The summed E-state index contributed by atoms with van der Waals surface area (Å²) in [7, 11) is 0. The average molecular weight is 481 g/mol. The highest BCUT2D eigenvalue weighted by Gasteiger charge is 2.34. The molecule has 2 aliphatic heterocycles. The van der Waals surface area contributed by atoms with Crippen LogP contribution in [0.25, 0.3) is 0 Å². The maximum absolute atomic E-state index is 12.5. The molecule has 2 aromatic rings. The first-order valence-electron chi connectivity index (χ1n) is 9.99. The largest absolute Gasteiger partial charge is 0.345 e. The number of carbonyl (C=O) groups excluding carboxylic acids is 3. The lowest BCUT2D eigenvalue weighted by molar-refractivity contribution is -0.126. The number of hydrogen-bond donors (Lipinski definition) is 2. The predicted molar refractivity (Wildman–Crippen MR) is 122 cm³/mol. The van der Waals surface area contributed by atoms with E-state index in [0.717, 1.165) is 21.4 Å². The molecule has 4 amide bonds. The molecule has 7 nitrogen and oxygen atoms in total. The maximum Gasteiger partial charge on any atom is 0.321 e. The molecule has 2 N–H and O–H groups in total. The molecule has 0 saturated carbocycles. The number of nitrogens with zero attached hydrogens (tertiary/aromatic N) is 2. The first-order chi connectivity index (χ1) is 15.0. The van der Waals surface area contributed by atoms with Gasteiger partial charge >= 0.3 is 6.03 Å². The van der Waals surface area contributed by atoms with Crippen molar-refractivity contribution in [2.45, 2.75) is 6.42 Å². The van der Waals surface area contributed by atoms with Gasteiger partial charge in [-0.1, -0.05) is 33.8 Å². The number of hydrogen-bond acceptors (Lipinski definition) is 3. The zero-order chi connectivity index (χ0) is 21.8. The number of amides is 4. The van der Waals surface area contributed by atoms with E-state index in [4.69, 9.17) is 0 Å². The van der Waals surface area contributed by atoms with Crippen LogP contribution in [0.1, 0.15) is 12.0 Å². The second kappa shape index (κ2) is 9.23. The number of nitrogens with one attached hydrogen (secondary N) is 2. The van der Waals surface area contributed by atoms with E-state index < -0.39 is 0 Å². The third-order valence-electron chi connectivity index (χ3n) is 5.24. The number of carbonyl (C=O) groups is 3. The third kappa shape index (κ3) is 4.89. The van der Waals surface area contributed by atoms with Gasteiger partial charge in [0.05, 0.1) is 12.5 Å². The van der Waals surface area contributed by atoms with Gasteiger partial charge in [0.15, 0.2) is 0 Å². The summed E-state index contributed by atoms with van der Waals surface area (Å²) >= 11 is 3.41. The van der Waals surface area contributed by atoms with E-state index in [2.05, 4.69) is 38.4 Å². The summed E-state index contributed by atoms with van der Waals surface area (Å²) in [6, 6.07) is 14.8. The summed E-state index contributed by atoms with van der Waals surface area (Å²) in [4.78, 5) is 39.8. The van der Waals surface area contributed by atoms with Crippen molar-refractivity contribution in [1.29, 1.82) is 0 Å². The fraction of sp³-hybridized carbons (Fsp3) is 0.261. The van der Waals surface area contributed by atoms with Crippen molar-refractivity contribution < 1.29 is 14.4 Å². The van der Waals surface area contributed by atoms with E-state index in [0.29, 0.717) is 19.6 Å². The van der Waals surface area contributed by atoms with E-state index in [1.165, 1.54) is 0 Å². The molecule has 0 bridgehead atoms. The molecule has 0 radical (unpaired) electrons. The van der Waals surface area contributed by atoms with E-state index in [1.54, 1.807) is 9.80 Å². The Morgan fingerprint density at radius 1 is 1.13 bits per heavy atom. The Morgan fingerprint density at radius 2 is 1.94 bits per heavy atom. The van der Waals surface area contributed by atoms with Crippen LogP contribution >= 0.6 is 15.9 Å². The molecule has 2 fully saturated rings. The SMILES string of the molecule is O=C(NCC#Cc1ccc(N2CCNC2=O)cc1)C1CC(=O)N(c2cccc(Br)c2)C1. The van der Waals surface area contributed by atoms with E-state index in [9.17, 15) is 14.4 Å². The van der Waals surface area contributed by atoms with Crippen molar-refractivity contribution in [3.8, 4) is 11.8 Å². The minimum Gasteiger partial charge on any atom is -0.345 e. The van der Waals surface area contributed by atoms with Gasteiger partial charge in [-0.15, -0.1) is 0 Å². The molecule has 4 rings (SSSR count). The molecule has 2 heterocycles. The Balaban J connectivity index is 1.28. The zero-order valence-electron chi connectivity index (χ0n) is 16.7. The quantitative estimate of drug-likeness (QED) is 0.659. The summed E-state index contributed by atoms with van der Waals surface area (Å²) in [5, 5.41) is 5.57. The molecule has 2 aromatic carbocycles. The fourth-order valence-corrected chi connectivity index (χ4v) is 4.03. The van der Waals surface area contributed by atoms with Gasteiger partial charge in [-0.2, -0.15) is 0 Å². The molecule has 2 aliphatic rings. The Kier molecular flexibility index (Phi) is 6.23. The first-order valence-corrected chi connectivity index (χ1v) is 10.8. The molecule has 8 heteroatoms. The molecule has 1 atom stereocenters. The van der Waals surface area contributed by atoms with Crippen LogP contribution in [0.5, 0.6) is 0 Å². The summed E-state index contributed by atoms with van der Waals surface area (Å²) in [5.74, 6) is 5.32. The Hall–Kier alpha value is -3.31. The summed E-state index contributed by atoms with van der Waals surface area (Å²) < 4.78 is 0.887. The highest BCUT2D eigenvalue weighted by Crippen LogP contribution is 2.27. The van der Waals surface area contributed by atoms with Crippen LogP contribution in [-0.4, -0.2) is 44.0 Å². The molecule has 0 spiro atoms. The lowest BCUT2D eigenvalue weighted by Gasteiger charge is -2.16. The van der Waals surface area contributed by atoms with Crippen molar-refractivity contribution in [3.63, 3.8) is 0 Å². The van der Waals surface area contributed by atoms with Crippen LogP contribution < -0.4 is 20.4 Å². The number of anilines is 2. The van der Waals surface area contributed by atoms with Gasteiger partial charge < -0.3 is 15.5 Å². The molecule has 31 heavy (non-hydrogen) atoms. The molecule has 158 valence electrons. The molecule has 0 aromatic heterocycles. The number of rotatable bonds is 4. The van der Waals surface area contributed by atoms with Crippen LogP contribution in [0.3, 0.4) is 0 Å². The van der Waals surface area contributed by atoms with Crippen LogP contribution in [0, 0.1) is 17.8 Å². The minimum absolute atomic E-state index is 0.0592. The number of halogens is 1. The van der Waals surface area contributed by atoms with Crippen LogP contribution in [0.15, 0.2) is 53.0 Å². The predicted octanol–water partition coefficient (Wildman–Crippen LogP) is 2.50. The number of urea groups is 1. The highest BCUT2D eigenvalue weighted by molar-refractivity contribution is 9.10. The van der Waals surface area contributed by atoms with Gasteiger partial charge in [0, 0.05) is 47.5 Å². The second-order valence-electron chi connectivity index (χ2n) is 7.34. The van der Waals surface area contributed by atoms with Gasteiger partial charge in [0.1, 0.15) is 0 Å². The van der Waals surface area contributed by atoms with Gasteiger partial charge in [-0.05, 0) is 42.5 Å². The summed E-state index contributed by atoms with van der Waals surface area (Å²) in [6.45, 7) is 1.86. The van der Waals surface area contributed by atoms with Crippen molar-refractivity contribution in [1.82, 2.24) is 10.6 Å². The monoisotopic (exact) mass is 480 g/mol. The molecule has 0 aliphatic carbocycles. The van der Waals surface area contributed by atoms with Crippen LogP contribution in [0.2, 0.25) is 0 Å². The van der Waals surface area contributed by atoms with Gasteiger partial charge in [-0.25, -0.2) is 4.79 Å². The smallest absolute Gasteiger partial charge is 0.321 e. The second-order valence-corrected chi connectivity index (χ2v) is 8.25. The van der Waals surface area contributed by atoms with Crippen LogP contribution in [-0.2, 0) is 9.59 Å². The topological polar surface area (TPSA) is 81.8 Å². The lowest BCUT2D eigenvalue weighted by Crippen LogP contribution is -2.33. The standard InChI is InChI=1S/C23H21BrN4O3/c24-18-4-1-5-20(14-18)28-15-17(13-21(28)29)22(30)25-10-2-3-16-6-8-19(9-7-16)27-12-11-26-23(27)31/h1,4-9,14,17H,10-13,15H2,(H,25,30)(H,26,31). The zero-order valence-corrected chi connectivity index (χ0v) is 18.3. The van der Waals surface area contributed by atoms with Crippen molar-refractivity contribution >= 4 is 45.2 Å². The van der Waals surface area contributed by atoms with Gasteiger partial charge in [0.25, 0.3) is 0 Å². The molecule has 1 unspecified atom stereocenters. The minimum atomic E-state index is -0.390. The fourth-order valence-electron chi connectivity index (χ4n) is 3.64. The first kappa shape index (κ1) is 20.9. The van der Waals surface area contributed by atoms with E-state index in [1.807, 2.05) is 48.5 Å². The van der Waals surface area contributed by atoms with E-state index in [-0.39, 0.29) is 36.7 Å².